The molecule has 7 nitrogen and oxygen atoms in total. The van der Waals surface area contributed by atoms with Crippen molar-refractivity contribution in [1.82, 2.24) is 19.9 Å². The highest BCUT2D eigenvalue weighted by Crippen LogP contribution is 2.20. The molecule has 0 spiro atoms. The van der Waals surface area contributed by atoms with Crippen molar-refractivity contribution in [3.63, 3.8) is 0 Å². The van der Waals surface area contributed by atoms with Crippen LogP contribution in [0.25, 0.3) is 17.1 Å². The summed E-state index contributed by atoms with van der Waals surface area (Å²) in [7, 11) is 2.09. The Hall–Kier alpha value is -3.03. The maximum absolute atomic E-state index is 10.7. The van der Waals surface area contributed by atoms with E-state index in [9.17, 15) is 4.79 Å². The molecule has 158 valence electrons. The van der Waals surface area contributed by atoms with Crippen molar-refractivity contribution in [3.05, 3.63) is 65.2 Å². The van der Waals surface area contributed by atoms with E-state index < -0.39 is 5.97 Å². The number of carbonyl (C=O) groups is 1. The number of fused-ring (bicyclic) bond motifs is 1. The van der Waals surface area contributed by atoms with Crippen LogP contribution in [-0.2, 0) is 22.7 Å². The molecule has 0 fully saturated rings. The molecular formula is C23H28N4O3. The molecular weight excluding hydrogens is 380 g/mol. The van der Waals surface area contributed by atoms with E-state index in [1.807, 2.05) is 41.9 Å². The molecule has 1 aromatic heterocycles. The van der Waals surface area contributed by atoms with Crippen LogP contribution in [-0.4, -0.2) is 57.7 Å². The predicted octanol–water partition coefficient (Wildman–Crippen LogP) is 3.38. The molecule has 0 radical (unpaired) electrons. The zero-order chi connectivity index (χ0) is 21.3. The van der Waals surface area contributed by atoms with Crippen molar-refractivity contribution in [1.29, 1.82) is 0 Å². The van der Waals surface area contributed by atoms with Gasteiger partial charge >= 0.3 is 5.97 Å². The van der Waals surface area contributed by atoms with Gasteiger partial charge in [0.15, 0.2) is 0 Å². The van der Waals surface area contributed by atoms with Gasteiger partial charge in [0.05, 0.1) is 18.7 Å². The SMILES string of the molecule is Cc1c(/C=C/C(=O)O)ccc2c1nnn2CCN(C)CCCOCc1ccccc1. The van der Waals surface area contributed by atoms with Gasteiger partial charge < -0.3 is 14.7 Å². The Kier molecular flexibility index (Phi) is 7.70. The number of aryl methyl sites for hydroxylation is 1. The van der Waals surface area contributed by atoms with Gasteiger partial charge in [0.2, 0.25) is 0 Å². The summed E-state index contributed by atoms with van der Waals surface area (Å²) in [6, 6.07) is 14.0. The summed E-state index contributed by atoms with van der Waals surface area (Å²) in [5.74, 6) is -0.966. The number of aliphatic carboxylic acids is 1. The van der Waals surface area contributed by atoms with Crippen LogP contribution < -0.4 is 0 Å². The van der Waals surface area contributed by atoms with Gasteiger partial charge in [0.25, 0.3) is 0 Å². The molecule has 2 aromatic carbocycles. The molecule has 0 aliphatic rings. The average molecular weight is 409 g/mol. The summed E-state index contributed by atoms with van der Waals surface area (Å²) in [5, 5.41) is 17.4. The lowest BCUT2D eigenvalue weighted by molar-refractivity contribution is -0.131. The van der Waals surface area contributed by atoms with E-state index in [0.29, 0.717) is 6.61 Å². The number of ether oxygens (including phenoxy) is 1. The third-order valence-corrected chi connectivity index (χ3v) is 5.02. The highest BCUT2D eigenvalue weighted by molar-refractivity contribution is 5.88. The van der Waals surface area contributed by atoms with Crippen LogP contribution in [0.1, 0.15) is 23.1 Å². The third-order valence-electron chi connectivity index (χ3n) is 5.02. The number of hydrogen-bond donors (Lipinski definition) is 1. The highest BCUT2D eigenvalue weighted by Gasteiger charge is 2.10. The first-order chi connectivity index (χ1) is 14.5. The normalized spacial score (nSPS) is 11.7. The van der Waals surface area contributed by atoms with Gasteiger partial charge in [-0.05, 0) is 49.2 Å². The van der Waals surface area contributed by atoms with Crippen LogP contribution in [0.15, 0.2) is 48.5 Å². The molecule has 0 amide bonds. The van der Waals surface area contributed by atoms with E-state index in [1.165, 1.54) is 5.56 Å². The van der Waals surface area contributed by atoms with Gasteiger partial charge in [-0.15, -0.1) is 5.10 Å². The lowest BCUT2D eigenvalue weighted by Gasteiger charge is -2.16. The fourth-order valence-corrected chi connectivity index (χ4v) is 3.27. The van der Waals surface area contributed by atoms with Crippen LogP contribution in [0.4, 0.5) is 0 Å². The Morgan fingerprint density at radius 1 is 1.20 bits per heavy atom. The summed E-state index contributed by atoms with van der Waals surface area (Å²) < 4.78 is 7.64. The van der Waals surface area contributed by atoms with Gasteiger partial charge in [0.1, 0.15) is 5.52 Å². The molecule has 3 aromatic rings. The van der Waals surface area contributed by atoms with Gasteiger partial charge in [0, 0.05) is 25.8 Å². The minimum atomic E-state index is -0.966. The lowest BCUT2D eigenvalue weighted by Crippen LogP contribution is -2.25. The number of rotatable bonds is 11. The molecule has 0 aliphatic heterocycles. The highest BCUT2D eigenvalue weighted by atomic mass is 16.5. The Balaban J connectivity index is 1.45. The zero-order valence-electron chi connectivity index (χ0n) is 17.5. The standard InChI is InChI=1S/C23H28N4O3/c1-18-20(10-12-22(28)29)9-11-21-23(18)24-25-27(21)15-14-26(2)13-6-16-30-17-19-7-4-3-5-8-19/h3-5,7-12H,6,13-17H2,1-2H3,(H,28,29)/b12-10+. The van der Waals surface area contributed by atoms with Gasteiger partial charge in [-0.2, -0.15) is 0 Å². The molecule has 3 rings (SSSR count). The number of likely N-dealkylation sites (N-methyl/N-ethyl adjacent to an activating group) is 1. The first kappa shape index (κ1) is 21.7. The second-order valence-corrected chi connectivity index (χ2v) is 7.33. The van der Waals surface area contributed by atoms with E-state index >= 15 is 0 Å². The Labute approximate surface area is 176 Å². The molecule has 0 unspecified atom stereocenters. The topological polar surface area (TPSA) is 80.5 Å². The lowest BCUT2D eigenvalue weighted by atomic mass is 10.1. The number of benzene rings is 2. The summed E-state index contributed by atoms with van der Waals surface area (Å²) in [6.07, 6.45) is 3.70. The number of aromatic nitrogens is 3. The van der Waals surface area contributed by atoms with Crippen molar-refractivity contribution in [3.8, 4) is 0 Å². The van der Waals surface area contributed by atoms with Gasteiger partial charge in [-0.25, -0.2) is 9.48 Å². The largest absolute Gasteiger partial charge is 0.478 e. The van der Waals surface area contributed by atoms with Crippen LogP contribution >= 0.6 is 0 Å². The smallest absolute Gasteiger partial charge is 0.328 e. The summed E-state index contributed by atoms with van der Waals surface area (Å²) in [6.45, 7) is 5.86. The first-order valence-corrected chi connectivity index (χ1v) is 10.1. The summed E-state index contributed by atoms with van der Waals surface area (Å²) >= 11 is 0. The van der Waals surface area contributed by atoms with E-state index in [1.54, 1.807) is 6.08 Å². The third kappa shape index (κ3) is 5.98. The van der Waals surface area contributed by atoms with Crippen molar-refractivity contribution >= 4 is 23.1 Å². The summed E-state index contributed by atoms with van der Waals surface area (Å²) in [4.78, 5) is 13.0. The predicted molar refractivity (Wildman–Crippen MR) is 117 cm³/mol. The number of carboxylic acids is 1. The molecule has 0 aliphatic carbocycles. The summed E-state index contributed by atoms with van der Waals surface area (Å²) in [5.41, 5.74) is 4.73. The second-order valence-electron chi connectivity index (χ2n) is 7.33. The van der Waals surface area contributed by atoms with Crippen molar-refractivity contribution < 1.29 is 14.6 Å². The quantitative estimate of drug-likeness (QED) is 0.387. The molecule has 7 heteroatoms. The maximum atomic E-state index is 10.7. The van der Waals surface area contributed by atoms with Crippen molar-refractivity contribution in [2.45, 2.75) is 26.5 Å². The van der Waals surface area contributed by atoms with Crippen LogP contribution in [0.5, 0.6) is 0 Å². The molecule has 1 heterocycles. The Morgan fingerprint density at radius 3 is 2.77 bits per heavy atom. The number of hydrogen-bond acceptors (Lipinski definition) is 5. The molecule has 0 saturated carbocycles. The van der Waals surface area contributed by atoms with Gasteiger partial charge in [-0.3, -0.25) is 0 Å². The Morgan fingerprint density at radius 2 is 2.00 bits per heavy atom. The van der Waals surface area contributed by atoms with E-state index in [0.717, 1.165) is 60.9 Å². The zero-order valence-corrected chi connectivity index (χ0v) is 17.5. The minimum absolute atomic E-state index is 0.651. The van der Waals surface area contributed by atoms with Crippen molar-refractivity contribution in [2.24, 2.45) is 0 Å². The van der Waals surface area contributed by atoms with Crippen LogP contribution in [0, 0.1) is 6.92 Å². The number of carboxylic acid groups (broad SMARTS) is 1. The monoisotopic (exact) mass is 408 g/mol. The molecule has 1 N–H and O–H groups in total. The fraction of sp³-hybridized carbons (Fsp3) is 0.348. The van der Waals surface area contributed by atoms with Crippen molar-refractivity contribution in [2.75, 3.05) is 26.7 Å². The minimum Gasteiger partial charge on any atom is -0.478 e. The molecule has 30 heavy (non-hydrogen) atoms. The maximum Gasteiger partial charge on any atom is 0.328 e. The molecule has 0 atom stereocenters. The van der Waals surface area contributed by atoms with E-state index in [-0.39, 0.29) is 0 Å². The van der Waals surface area contributed by atoms with E-state index in [2.05, 4.69) is 34.4 Å². The average Bonchev–Trinajstić information content (AvgIpc) is 3.16. The fourth-order valence-electron chi connectivity index (χ4n) is 3.27. The second kappa shape index (κ2) is 10.7. The first-order valence-electron chi connectivity index (χ1n) is 10.1. The molecule has 0 saturated heterocycles. The van der Waals surface area contributed by atoms with E-state index in [4.69, 9.17) is 9.84 Å². The van der Waals surface area contributed by atoms with Crippen LogP contribution in [0.2, 0.25) is 0 Å². The number of nitrogens with zero attached hydrogens (tertiary/aromatic N) is 4. The Bertz CT molecular complexity index is 998. The molecule has 0 bridgehead atoms. The van der Waals surface area contributed by atoms with Gasteiger partial charge in [-0.1, -0.05) is 41.6 Å². The van der Waals surface area contributed by atoms with Crippen LogP contribution in [0.3, 0.4) is 0 Å².